The van der Waals surface area contributed by atoms with Gasteiger partial charge in [-0.05, 0) is 221 Å². The van der Waals surface area contributed by atoms with Crippen LogP contribution in [0.15, 0.2) is 476 Å². The van der Waals surface area contributed by atoms with Crippen LogP contribution < -0.4 is 4.90 Å². The average molecular weight is 1650 g/mol. The molecule has 0 unspecified atom stereocenters. The van der Waals surface area contributed by atoms with Crippen LogP contribution in [0.2, 0.25) is 0 Å². The van der Waals surface area contributed by atoms with Crippen LogP contribution in [0.5, 0.6) is 0 Å². The number of fused-ring (bicyclic) bond motifs is 6. The summed E-state index contributed by atoms with van der Waals surface area (Å²) in [5, 5.41) is 4.24. The zero-order valence-corrected chi connectivity index (χ0v) is 69.9. The first-order chi connectivity index (χ1) is 63.8. The molecule has 0 aliphatic rings. The molecule has 604 valence electrons. The summed E-state index contributed by atoms with van der Waals surface area (Å²) in [5.41, 5.74) is 33.4. The molecule has 0 fully saturated rings. The Morgan fingerprint density at radius 1 is 0.140 bits per heavy atom. The van der Waals surface area contributed by atoms with Crippen LogP contribution in [-0.4, -0.2) is 29.9 Å². The molecule has 23 rings (SSSR count). The number of aromatic nitrogens is 6. The Balaban J connectivity index is 0.543. The van der Waals surface area contributed by atoms with Crippen LogP contribution in [0.3, 0.4) is 0 Å². The molecule has 0 saturated heterocycles. The molecule has 23 aromatic rings. The van der Waals surface area contributed by atoms with Crippen molar-refractivity contribution in [1.82, 2.24) is 29.9 Å². The highest BCUT2D eigenvalue weighted by Crippen LogP contribution is 2.47. The summed E-state index contributed by atoms with van der Waals surface area (Å²) in [6.07, 6.45) is 0. The Hall–Kier alpha value is -17.4. The second kappa shape index (κ2) is 33.3. The van der Waals surface area contributed by atoms with Crippen molar-refractivity contribution in [2.75, 3.05) is 4.90 Å². The molecular weight excluding hydrogens is 1570 g/mol. The third kappa shape index (κ3) is 15.2. The smallest absolute Gasteiger partial charge is 0.164 e. The number of benzene rings is 19. The van der Waals surface area contributed by atoms with Gasteiger partial charge in [-0.3, -0.25) is 0 Å². The standard InChI is InChI=1S/C120H77N7O2/c1-6-30-78(31-7-1)115-121-116(79-32-8-2-9-33-79)124-119(123-115)98-54-26-46-90(70-98)84-40-20-38-82(64-84)88-44-24-52-96(68-88)107-74-100(76-109-105-60-16-18-62-111(105)128-113(107)109)92-48-22-42-86(66-92)94-50-28-58-103(72-94)127(102-56-14-5-15-57-102)104-59-29-51-95(73-104)87-43-23-49-93(67-87)101-75-108(114-110(77-101)106-61-17-19-63-112(106)129-114)97-53-25-45-89(69-97)83-39-21-41-85(65-83)91-47-27-55-99(71-91)120-125-117(80-34-10-3-11-35-80)122-118(126-120)81-36-12-4-13-37-81/h1-77H. The van der Waals surface area contributed by atoms with Gasteiger partial charge in [-0.2, -0.15) is 0 Å². The van der Waals surface area contributed by atoms with E-state index in [4.69, 9.17) is 38.7 Å². The van der Waals surface area contributed by atoms with Gasteiger partial charge in [-0.15, -0.1) is 0 Å². The SMILES string of the molecule is c1ccc(-c2nc(-c3ccccc3)nc(-c3cccc(-c4cccc(-c5cccc(-c6cc(-c7cccc(-c8cccc(N(c9ccccc9)c9cccc(-c%10cccc(-c%11cc(-c%12cccc(-c%13cccc(-c%14cccc(-c%15nc(-c%16ccccc%16)nc(-c%16ccccc%16)n%15)c%14)c%13)c%12)c%12oc%13ccccc%13c%12c%11)c%10)c9)c8)c7)cc7c6oc6ccccc67)c5)c4)c3)n2)cc1. The fraction of sp³-hybridized carbons (Fsp3) is 0. The Bertz CT molecular complexity index is 7620. The van der Waals surface area contributed by atoms with E-state index in [9.17, 15) is 0 Å². The predicted molar refractivity (Wildman–Crippen MR) is 529 cm³/mol. The second-order valence-electron chi connectivity index (χ2n) is 32.5. The number of rotatable bonds is 19. The number of hydrogen-bond acceptors (Lipinski definition) is 9. The molecule has 0 saturated carbocycles. The third-order valence-electron chi connectivity index (χ3n) is 24.3. The van der Waals surface area contributed by atoms with Crippen molar-refractivity contribution in [3.8, 4) is 180 Å². The number of furan rings is 2. The largest absolute Gasteiger partial charge is 0.455 e. The van der Waals surface area contributed by atoms with Crippen LogP contribution in [0.4, 0.5) is 17.1 Å². The van der Waals surface area contributed by atoms with Crippen molar-refractivity contribution >= 4 is 60.9 Å². The molecule has 0 amide bonds. The Labute approximate surface area is 746 Å². The van der Waals surface area contributed by atoms with Crippen LogP contribution in [-0.2, 0) is 0 Å². The van der Waals surface area contributed by atoms with E-state index in [1.165, 1.54) is 0 Å². The average Bonchev–Trinajstić information content (AvgIpc) is 1.64. The summed E-state index contributed by atoms with van der Waals surface area (Å²) in [5.74, 6) is 3.72. The molecule has 0 atom stereocenters. The summed E-state index contributed by atoms with van der Waals surface area (Å²) >= 11 is 0. The molecule has 4 aromatic heterocycles. The fourth-order valence-corrected chi connectivity index (χ4v) is 17.9. The molecule has 0 N–H and O–H groups in total. The van der Waals surface area contributed by atoms with Crippen molar-refractivity contribution in [3.05, 3.63) is 467 Å². The normalized spacial score (nSPS) is 11.4. The van der Waals surface area contributed by atoms with Gasteiger partial charge in [0.15, 0.2) is 34.9 Å². The van der Waals surface area contributed by atoms with E-state index in [0.717, 1.165) is 206 Å². The van der Waals surface area contributed by atoms with Gasteiger partial charge >= 0.3 is 0 Å². The minimum atomic E-state index is 0.610. The number of para-hydroxylation sites is 3. The summed E-state index contributed by atoms with van der Waals surface area (Å²) in [6.45, 7) is 0. The Morgan fingerprint density at radius 3 is 0.659 bits per heavy atom. The van der Waals surface area contributed by atoms with E-state index in [0.29, 0.717) is 34.9 Å². The van der Waals surface area contributed by atoms with Gasteiger partial charge in [0.1, 0.15) is 22.3 Å². The fourth-order valence-electron chi connectivity index (χ4n) is 17.9. The number of hydrogen-bond donors (Lipinski definition) is 0. The minimum absolute atomic E-state index is 0.610. The molecule has 0 aliphatic carbocycles. The maximum absolute atomic E-state index is 6.89. The first kappa shape index (κ1) is 76.5. The molecule has 9 heteroatoms. The van der Waals surface area contributed by atoms with Gasteiger partial charge < -0.3 is 13.7 Å². The Morgan fingerprint density at radius 2 is 0.349 bits per heavy atom. The van der Waals surface area contributed by atoms with E-state index >= 15 is 0 Å². The lowest BCUT2D eigenvalue weighted by molar-refractivity contribution is 0.669. The van der Waals surface area contributed by atoms with Crippen molar-refractivity contribution in [2.45, 2.75) is 0 Å². The zero-order chi connectivity index (χ0) is 85.5. The van der Waals surface area contributed by atoms with Gasteiger partial charge in [-0.25, -0.2) is 29.9 Å². The van der Waals surface area contributed by atoms with Crippen molar-refractivity contribution in [2.24, 2.45) is 0 Å². The molecule has 4 heterocycles. The number of nitrogens with zero attached hydrogens (tertiary/aromatic N) is 7. The third-order valence-corrected chi connectivity index (χ3v) is 24.3. The molecule has 9 nitrogen and oxygen atoms in total. The quantitative estimate of drug-likeness (QED) is 0.0782. The highest BCUT2D eigenvalue weighted by molar-refractivity contribution is 6.13. The van der Waals surface area contributed by atoms with Crippen LogP contribution in [0, 0.1) is 0 Å². The summed E-state index contributed by atoms with van der Waals surface area (Å²) in [6, 6.07) is 165. The molecule has 0 radical (unpaired) electrons. The lowest BCUT2D eigenvalue weighted by Crippen LogP contribution is -2.10. The Kier molecular flexibility index (Phi) is 19.8. The first-order valence-corrected chi connectivity index (χ1v) is 43.4. The van der Waals surface area contributed by atoms with Crippen molar-refractivity contribution in [3.63, 3.8) is 0 Å². The monoisotopic (exact) mass is 1650 g/mol. The van der Waals surface area contributed by atoms with Gasteiger partial charge in [0.25, 0.3) is 0 Å². The predicted octanol–water partition coefficient (Wildman–Crippen LogP) is 32.0. The minimum Gasteiger partial charge on any atom is -0.455 e. The van der Waals surface area contributed by atoms with E-state index in [1.807, 2.05) is 133 Å². The molecule has 0 aliphatic heterocycles. The van der Waals surface area contributed by atoms with Gasteiger partial charge in [-0.1, -0.05) is 346 Å². The second-order valence-corrected chi connectivity index (χ2v) is 32.5. The van der Waals surface area contributed by atoms with Crippen molar-refractivity contribution in [1.29, 1.82) is 0 Å². The summed E-state index contributed by atoms with van der Waals surface area (Å²) in [4.78, 5) is 32.5. The molecule has 0 spiro atoms. The summed E-state index contributed by atoms with van der Waals surface area (Å²) in [7, 11) is 0. The van der Waals surface area contributed by atoms with E-state index in [1.54, 1.807) is 0 Å². The maximum atomic E-state index is 6.89. The molecule has 19 aromatic carbocycles. The van der Waals surface area contributed by atoms with E-state index < -0.39 is 0 Å². The summed E-state index contributed by atoms with van der Waals surface area (Å²) < 4.78 is 13.8. The topological polar surface area (TPSA) is 107 Å². The van der Waals surface area contributed by atoms with E-state index in [2.05, 4.69) is 339 Å². The highest BCUT2D eigenvalue weighted by atomic mass is 16.3. The van der Waals surface area contributed by atoms with Gasteiger partial charge in [0.2, 0.25) is 0 Å². The number of anilines is 3. The van der Waals surface area contributed by atoms with Gasteiger partial charge in [0.05, 0.1) is 0 Å². The van der Waals surface area contributed by atoms with E-state index in [-0.39, 0.29) is 0 Å². The first-order valence-electron chi connectivity index (χ1n) is 43.4. The van der Waals surface area contributed by atoms with Crippen LogP contribution >= 0.6 is 0 Å². The van der Waals surface area contributed by atoms with Gasteiger partial charge in [0, 0.05) is 83.1 Å². The zero-order valence-electron chi connectivity index (χ0n) is 69.9. The molecule has 129 heavy (non-hydrogen) atoms. The molecular formula is C120H77N7O2. The van der Waals surface area contributed by atoms with Crippen molar-refractivity contribution < 1.29 is 8.83 Å². The maximum Gasteiger partial charge on any atom is 0.164 e. The lowest BCUT2D eigenvalue weighted by Gasteiger charge is -2.26. The van der Waals surface area contributed by atoms with Crippen LogP contribution in [0.25, 0.3) is 223 Å². The lowest BCUT2D eigenvalue weighted by atomic mass is 9.92. The van der Waals surface area contributed by atoms with Crippen LogP contribution in [0.1, 0.15) is 0 Å². The molecule has 0 bridgehead atoms. The highest BCUT2D eigenvalue weighted by Gasteiger charge is 2.23.